The zero-order valence-corrected chi connectivity index (χ0v) is 7.51. The summed E-state index contributed by atoms with van der Waals surface area (Å²) < 4.78 is 5.20. The summed E-state index contributed by atoms with van der Waals surface area (Å²) >= 11 is 0. The molecule has 1 fully saturated rings. The van der Waals surface area contributed by atoms with Gasteiger partial charge in [-0.25, -0.2) is 0 Å². The molecule has 0 atom stereocenters. The molecule has 1 aliphatic carbocycles. The highest BCUT2D eigenvalue weighted by atomic mass is 16.5. The molecule has 3 heteroatoms. The van der Waals surface area contributed by atoms with E-state index >= 15 is 0 Å². The van der Waals surface area contributed by atoms with E-state index < -0.39 is 11.4 Å². The third kappa shape index (κ3) is 1.78. The first-order valence-corrected chi connectivity index (χ1v) is 4.52. The second-order valence-corrected chi connectivity index (χ2v) is 3.43. The molecule has 0 spiro atoms. The van der Waals surface area contributed by atoms with Crippen molar-refractivity contribution in [3.05, 3.63) is 0 Å². The molecule has 0 unspecified atom stereocenters. The maximum atomic E-state index is 10.9. The van der Waals surface area contributed by atoms with Crippen LogP contribution in [0.1, 0.15) is 32.6 Å². The highest BCUT2D eigenvalue weighted by Gasteiger charge is 2.41. The Hall–Kier alpha value is -0.570. The van der Waals surface area contributed by atoms with Crippen LogP contribution in [0.25, 0.3) is 0 Å². The highest BCUT2D eigenvalue weighted by Crippen LogP contribution is 2.38. The van der Waals surface area contributed by atoms with Gasteiger partial charge in [0.05, 0.1) is 12.0 Å². The lowest BCUT2D eigenvalue weighted by Gasteiger charge is -2.22. The van der Waals surface area contributed by atoms with Gasteiger partial charge >= 0.3 is 5.97 Å². The van der Waals surface area contributed by atoms with Crippen LogP contribution in [0, 0.1) is 5.41 Å². The van der Waals surface area contributed by atoms with E-state index in [1.54, 1.807) is 0 Å². The van der Waals surface area contributed by atoms with Gasteiger partial charge in [-0.05, 0) is 19.8 Å². The molecule has 0 heterocycles. The SMILES string of the molecule is CCOCC1(C(=O)O)CCCC1. The molecule has 0 radical (unpaired) electrons. The Balaban J connectivity index is 2.53. The van der Waals surface area contributed by atoms with Crippen LogP contribution in [-0.2, 0) is 9.53 Å². The first kappa shape index (κ1) is 9.52. The minimum atomic E-state index is -0.687. The molecule has 1 saturated carbocycles. The number of ether oxygens (including phenoxy) is 1. The van der Waals surface area contributed by atoms with E-state index in [1.807, 2.05) is 6.92 Å². The summed E-state index contributed by atoms with van der Waals surface area (Å²) in [7, 11) is 0. The van der Waals surface area contributed by atoms with Crippen LogP contribution in [-0.4, -0.2) is 24.3 Å². The van der Waals surface area contributed by atoms with Crippen molar-refractivity contribution in [3.8, 4) is 0 Å². The molecular formula is C9H16O3. The molecule has 1 N–H and O–H groups in total. The number of rotatable bonds is 4. The van der Waals surface area contributed by atoms with E-state index in [-0.39, 0.29) is 0 Å². The van der Waals surface area contributed by atoms with Crippen LogP contribution < -0.4 is 0 Å². The lowest BCUT2D eigenvalue weighted by Crippen LogP contribution is -2.32. The Morgan fingerprint density at radius 1 is 1.50 bits per heavy atom. The Bertz CT molecular complexity index is 159. The van der Waals surface area contributed by atoms with Crippen molar-refractivity contribution in [2.45, 2.75) is 32.6 Å². The fourth-order valence-electron chi connectivity index (χ4n) is 1.77. The molecule has 12 heavy (non-hydrogen) atoms. The predicted molar refractivity (Wildman–Crippen MR) is 45.0 cm³/mol. The largest absolute Gasteiger partial charge is 0.481 e. The number of hydrogen-bond donors (Lipinski definition) is 1. The van der Waals surface area contributed by atoms with Gasteiger partial charge in [0.1, 0.15) is 0 Å². The zero-order chi connectivity index (χ0) is 9.03. The average molecular weight is 172 g/mol. The molecule has 70 valence electrons. The van der Waals surface area contributed by atoms with Gasteiger partial charge in [-0.3, -0.25) is 4.79 Å². The summed E-state index contributed by atoms with van der Waals surface area (Å²) in [4.78, 5) is 10.9. The minimum Gasteiger partial charge on any atom is -0.481 e. The smallest absolute Gasteiger partial charge is 0.311 e. The van der Waals surface area contributed by atoms with Gasteiger partial charge in [0.2, 0.25) is 0 Å². The van der Waals surface area contributed by atoms with Crippen LogP contribution in [0.2, 0.25) is 0 Å². The Morgan fingerprint density at radius 3 is 2.50 bits per heavy atom. The molecule has 0 saturated heterocycles. The normalized spacial score (nSPS) is 21.1. The molecule has 1 aliphatic rings. The fourth-order valence-corrected chi connectivity index (χ4v) is 1.77. The lowest BCUT2D eigenvalue weighted by molar-refractivity contribution is -0.152. The van der Waals surface area contributed by atoms with E-state index in [0.717, 1.165) is 25.7 Å². The summed E-state index contributed by atoms with van der Waals surface area (Å²) in [6, 6.07) is 0. The maximum absolute atomic E-state index is 10.9. The molecule has 0 aliphatic heterocycles. The molecule has 0 aromatic rings. The second-order valence-electron chi connectivity index (χ2n) is 3.43. The quantitative estimate of drug-likeness (QED) is 0.701. The Morgan fingerprint density at radius 2 is 2.08 bits per heavy atom. The van der Waals surface area contributed by atoms with Crippen molar-refractivity contribution >= 4 is 5.97 Å². The van der Waals surface area contributed by atoms with E-state index in [9.17, 15) is 4.79 Å². The maximum Gasteiger partial charge on any atom is 0.311 e. The molecule has 0 amide bonds. The van der Waals surface area contributed by atoms with Gasteiger partial charge in [-0.15, -0.1) is 0 Å². The van der Waals surface area contributed by atoms with Crippen molar-refractivity contribution in [3.63, 3.8) is 0 Å². The molecule has 0 bridgehead atoms. The van der Waals surface area contributed by atoms with E-state index in [4.69, 9.17) is 9.84 Å². The van der Waals surface area contributed by atoms with E-state index in [2.05, 4.69) is 0 Å². The average Bonchev–Trinajstić information content (AvgIpc) is 2.50. The number of carboxylic acids is 1. The standard InChI is InChI=1S/C9H16O3/c1-2-12-7-9(8(10)11)5-3-4-6-9/h2-7H2,1H3,(H,10,11). The van der Waals surface area contributed by atoms with Crippen LogP contribution >= 0.6 is 0 Å². The summed E-state index contributed by atoms with van der Waals surface area (Å²) in [6.45, 7) is 2.89. The van der Waals surface area contributed by atoms with Crippen LogP contribution in [0.15, 0.2) is 0 Å². The topological polar surface area (TPSA) is 46.5 Å². The molecule has 1 rings (SSSR count). The minimum absolute atomic E-state index is 0.388. The van der Waals surface area contributed by atoms with Gasteiger partial charge in [0, 0.05) is 6.61 Å². The molecule has 0 aromatic heterocycles. The molecule has 0 aromatic carbocycles. The number of hydrogen-bond acceptors (Lipinski definition) is 2. The van der Waals surface area contributed by atoms with Crippen molar-refractivity contribution < 1.29 is 14.6 Å². The summed E-state index contributed by atoms with van der Waals surface area (Å²) in [6.07, 6.45) is 3.61. The number of carboxylic acid groups (broad SMARTS) is 1. The van der Waals surface area contributed by atoms with Crippen molar-refractivity contribution in [1.82, 2.24) is 0 Å². The van der Waals surface area contributed by atoms with Crippen LogP contribution in [0.5, 0.6) is 0 Å². The monoisotopic (exact) mass is 172 g/mol. The third-order valence-electron chi connectivity index (χ3n) is 2.60. The zero-order valence-electron chi connectivity index (χ0n) is 7.51. The van der Waals surface area contributed by atoms with Crippen LogP contribution in [0.3, 0.4) is 0 Å². The van der Waals surface area contributed by atoms with Gasteiger partial charge in [-0.2, -0.15) is 0 Å². The van der Waals surface area contributed by atoms with Gasteiger partial charge in [-0.1, -0.05) is 12.8 Å². The second kappa shape index (κ2) is 3.90. The van der Waals surface area contributed by atoms with Gasteiger partial charge in [0.25, 0.3) is 0 Å². The molecular weight excluding hydrogens is 156 g/mol. The summed E-state index contributed by atoms with van der Waals surface area (Å²) in [5.41, 5.74) is -0.560. The van der Waals surface area contributed by atoms with E-state index in [1.165, 1.54) is 0 Å². The predicted octanol–water partition coefficient (Wildman–Crippen LogP) is 1.67. The number of carbonyl (C=O) groups is 1. The first-order valence-electron chi connectivity index (χ1n) is 4.52. The Labute approximate surface area is 72.7 Å². The van der Waals surface area contributed by atoms with Crippen molar-refractivity contribution in [1.29, 1.82) is 0 Å². The number of aliphatic carboxylic acids is 1. The molecule has 3 nitrogen and oxygen atoms in total. The summed E-state index contributed by atoms with van der Waals surface area (Å²) in [5, 5.41) is 9.01. The van der Waals surface area contributed by atoms with Gasteiger partial charge in [0.15, 0.2) is 0 Å². The van der Waals surface area contributed by atoms with Crippen molar-refractivity contribution in [2.75, 3.05) is 13.2 Å². The summed E-state index contributed by atoms with van der Waals surface area (Å²) in [5.74, 6) is -0.687. The van der Waals surface area contributed by atoms with Crippen LogP contribution in [0.4, 0.5) is 0 Å². The Kier molecular flexibility index (Phi) is 3.09. The highest BCUT2D eigenvalue weighted by molar-refractivity contribution is 5.75. The lowest BCUT2D eigenvalue weighted by atomic mass is 9.87. The van der Waals surface area contributed by atoms with Gasteiger partial charge < -0.3 is 9.84 Å². The third-order valence-corrected chi connectivity index (χ3v) is 2.60. The fraction of sp³-hybridized carbons (Fsp3) is 0.889. The first-order chi connectivity index (χ1) is 5.71. The van der Waals surface area contributed by atoms with Crippen molar-refractivity contribution in [2.24, 2.45) is 5.41 Å². The van der Waals surface area contributed by atoms with E-state index in [0.29, 0.717) is 13.2 Å².